The van der Waals surface area contributed by atoms with Crippen LogP contribution in [0.25, 0.3) is 0 Å². The van der Waals surface area contributed by atoms with Crippen molar-refractivity contribution in [3.8, 4) is 11.5 Å². The summed E-state index contributed by atoms with van der Waals surface area (Å²) in [6.45, 7) is 6.42. The first-order valence-corrected chi connectivity index (χ1v) is 9.57. The van der Waals surface area contributed by atoms with Crippen LogP contribution in [0.5, 0.6) is 11.5 Å². The second-order valence-corrected chi connectivity index (χ2v) is 7.50. The molecule has 1 aromatic heterocycles. The monoisotopic (exact) mass is 381 g/mol. The molecule has 0 aliphatic rings. The molecule has 0 saturated heterocycles. The number of hydrogen-bond acceptors (Lipinski definition) is 4. The zero-order chi connectivity index (χ0) is 19.4. The molecule has 0 spiro atoms. The molecular formula is C22H23NO3S. The van der Waals surface area contributed by atoms with Gasteiger partial charge in [0.25, 0.3) is 5.91 Å². The fraction of sp³-hybridized carbons (Fsp3) is 0.227. The molecule has 0 atom stereocenters. The number of benzene rings is 2. The number of hydrogen-bond donors (Lipinski definition) is 1. The van der Waals surface area contributed by atoms with Crippen molar-refractivity contribution in [1.29, 1.82) is 0 Å². The van der Waals surface area contributed by atoms with Crippen molar-refractivity contribution in [2.75, 3.05) is 12.4 Å². The van der Waals surface area contributed by atoms with Crippen molar-refractivity contribution >= 4 is 22.9 Å². The van der Waals surface area contributed by atoms with Crippen molar-refractivity contribution in [2.24, 2.45) is 0 Å². The molecule has 140 valence electrons. The molecule has 1 amide bonds. The Labute approximate surface area is 163 Å². The molecule has 3 aromatic rings. The number of nitrogens with one attached hydrogen (secondary N) is 1. The minimum absolute atomic E-state index is 0.107. The van der Waals surface area contributed by atoms with E-state index in [2.05, 4.69) is 11.4 Å². The van der Waals surface area contributed by atoms with Crippen molar-refractivity contribution in [3.63, 3.8) is 0 Å². The van der Waals surface area contributed by atoms with E-state index in [1.807, 2.05) is 62.5 Å². The SMILES string of the molecule is COc1cc(C)ccc1OCc1csc(C(=O)Nc2cc(C)cc(C)c2)c1. The largest absolute Gasteiger partial charge is 0.493 e. The van der Waals surface area contributed by atoms with Gasteiger partial charge in [-0.1, -0.05) is 12.1 Å². The average Bonchev–Trinajstić information content (AvgIpc) is 3.08. The number of carbonyl (C=O) groups is 1. The summed E-state index contributed by atoms with van der Waals surface area (Å²) in [5.74, 6) is 1.29. The first-order chi connectivity index (χ1) is 12.9. The minimum Gasteiger partial charge on any atom is -0.493 e. The van der Waals surface area contributed by atoms with E-state index < -0.39 is 0 Å². The van der Waals surface area contributed by atoms with Gasteiger partial charge in [-0.3, -0.25) is 4.79 Å². The summed E-state index contributed by atoms with van der Waals surface area (Å²) in [5.41, 5.74) is 5.12. The Morgan fingerprint density at radius 1 is 0.963 bits per heavy atom. The molecule has 27 heavy (non-hydrogen) atoms. The molecule has 0 aliphatic carbocycles. The molecule has 0 bridgehead atoms. The summed E-state index contributed by atoms with van der Waals surface area (Å²) in [4.78, 5) is 13.2. The van der Waals surface area contributed by atoms with E-state index in [1.54, 1.807) is 7.11 Å². The molecule has 0 fully saturated rings. The van der Waals surface area contributed by atoms with Crippen molar-refractivity contribution in [3.05, 3.63) is 75.0 Å². The van der Waals surface area contributed by atoms with Gasteiger partial charge in [0, 0.05) is 11.3 Å². The van der Waals surface area contributed by atoms with Gasteiger partial charge in [0.15, 0.2) is 11.5 Å². The quantitative estimate of drug-likeness (QED) is 0.612. The number of amides is 1. The number of thiophene rings is 1. The first-order valence-electron chi connectivity index (χ1n) is 8.69. The van der Waals surface area contributed by atoms with Crippen LogP contribution in [0.15, 0.2) is 47.8 Å². The van der Waals surface area contributed by atoms with Gasteiger partial charge in [-0.2, -0.15) is 0 Å². The van der Waals surface area contributed by atoms with Crippen LogP contribution in [0.1, 0.15) is 31.9 Å². The lowest BCUT2D eigenvalue weighted by molar-refractivity contribution is 0.103. The summed E-state index contributed by atoms with van der Waals surface area (Å²) < 4.78 is 11.2. The van der Waals surface area contributed by atoms with E-state index in [9.17, 15) is 4.79 Å². The van der Waals surface area contributed by atoms with Gasteiger partial charge in [0.1, 0.15) is 6.61 Å². The zero-order valence-electron chi connectivity index (χ0n) is 16.0. The Bertz CT molecular complexity index is 942. The number of carbonyl (C=O) groups excluding carboxylic acids is 1. The summed E-state index contributed by atoms with van der Waals surface area (Å²) in [5, 5.41) is 4.90. The normalized spacial score (nSPS) is 10.5. The highest BCUT2D eigenvalue weighted by molar-refractivity contribution is 7.12. The van der Waals surface area contributed by atoms with Crippen molar-refractivity contribution < 1.29 is 14.3 Å². The number of aryl methyl sites for hydroxylation is 3. The predicted molar refractivity (Wildman–Crippen MR) is 110 cm³/mol. The lowest BCUT2D eigenvalue weighted by Crippen LogP contribution is -2.10. The zero-order valence-corrected chi connectivity index (χ0v) is 16.8. The van der Waals surface area contributed by atoms with Crippen LogP contribution in [0.4, 0.5) is 5.69 Å². The molecule has 0 saturated carbocycles. The molecule has 2 aromatic carbocycles. The van der Waals surface area contributed by atoms with Crippen LogP contribution in [0.3, 0.4) is 0 Å². The lowest BCUT2D eigenvalue weighted by Gasteiger charge is -2.10. The summed E-state index contributed by atoms with van der Waals surface area (Å²) in [7, 11) is 1.63. The summed E-state index contributed by atoms with van der Waals surface area (Å²) in [6.07, 6.45) is 0. The molecule has 1 N–H and O–H groups in total. The maximum atomic E-state index is 12.5. The number of ether oxygens (including phenoxy) is 2. The molecule has 0 radical (unpaired) electrons. The maximum Gasteiger partial charge on any atom is 0.265 e. The molecule has 0 unspecified atom stereocenters. The van der Waals surface area contributed by atoms with Crippen LogP contribution < -0.4 is 14.8 Å². The summed E-state index contributed by atoms with van der Waals surface area (Å²) in [6, 6.07) is 13.7. The highest BCUT2D eigenvalue weighted by Crippen LogP contribution is 2.29. The molecule has 1 heterocycles. The van der Waals surface area contributed by atoms with Gasteiger partial charge in [0.05, 0.1) is 12.0 Å². The number of anilines is 1. The second kappa shape index (κ2) is 8.27. The van der Waals surface area contributed by atoms with Crippen LogP contribution in [0.2, 0.25) is 0 Å². The second-order valence-electron chi connectivity index (χ2n) is 6.59. The lowest BCUT2D eigenvalue weighted by atomic mass is 10.1. The number of rotatable bonds is 6. The predicted octanol–water partition coefficient (Wildman–Crippen LogP) is 5.51. The van der Waals surface area contributed by atoms with Gasteiger partial charge in [-0.05, 0) is 73.2 Å². The minimum atomic E-state index is -0.107. The fourth-order valence-electron chi connectivity index (χ4n) is 2.87. The molecule has 5 heteroatoms. The van der Waals surface area contributed by atoms with Gasteiger partial charge >= 0.3 is 0 Å². The van der Waals surface area contributed by atoms with Crippen LogP contribution in [0, 0.1) is 20.8 Å². The standard InChI is InChI=1S/C22H23NO3S/c1-14-5-6-19(20(10-14)25-4)26-12-17-11-21(27-13-17)22(24)23-18-8-15(2)7-16(3)9-18/h5-11,13H,12H2,1-4H3,(H,23,24). The van der Waals surface area contributed by atoms with Crippen LogP contribution in [-0.2, 0) is 6.61 Å². The molecule has 0 aliphatic heterocycles. The number of methoxy groups -OCH3 is 1. The Hall–Kier alpha value is -2.79. The Morgan fingerprint density at radius 3 is 2.41 bits per heavy atom. The third-order valence-electron chi connectivity index (χ3n) is 4.07. The van der Waals surface area contributed by atoms with Crippen molar-refractivity contribution in [2.45, 2.75) is 27.4 Å². The molecular weight excluding hydrogens is 358 g/mol. The van der Waals surface area contributed by atoms with E-state index in [0.717, 1.165) is 27.9 Å². The van der Waals surface area contributed by atoms with Gasteiger partial charge < -0.3 is 14.8 Å². The topological polar surface area (TPSA) is 47.6 Å². The summed E-state index contributed by atoms with van der Waals surface area (Å²) >= 11 is 1.41. The molecule has 4 nitrogen and oxygen atoms in total. The third-order valence-corrected chi connectivity index (χ3v) is 5.05. The van der Waals surface area contributed by atoms with Crippen molar-refractivity contribution in [1.82, 2.24) is 0 Å². The van der Waals surface area contributed by atoms with E-state index in [1.165, 1.54) is 11.3 Å². The van der Waals surface area contributed by atoms with E-state index >= 15 is 0 Å². The first kappa shape index (κ1) is 19.0. The van der Waals surface area contributed by atoms with Crippen LogP contribution in [-0.4, -0.2) is 13.0 Å². The molecule has 3 rings (SSSR count). The van der Waals surface area contributed by atoms with Gasteiger partial charge in [0.2, 0.25) is 0 Å². The highest BCUT2D eigenvalue weighted by atomic mass is 32.1. The average molecular weight is 381 g/mol. The Balaban J connectivity index is 1.65. The fourth-order valence-corrected chi connectivity index (χ4v) is 3.66. The Kier molecular flexibility index (Phi) is 5.81. The smallest absolute Gasteiger partial charge is 0.265 e. The van der Waals surface area contributed by atoms with E-state index in [0.29, 0.717) is 23.0 Å². The van der Waals surface area contributed by atoms with E-state index in [-0.39, 0.29) is 5.91 Å². The Morgan fingerprint density at radius 2 is 1.70 bits per heavy atom. The maximum absolute atomic E-state index is 12.5. The van der Waals surface area contributed by atoms with Gasteiger partial charge in [-0.25, -0.2) is 0 Å². The third kappa shape index (κ3) is 4.89. The van der Waals surface area contributed by atoms with E-state index in [4.69, 9.17) is 9.47 Å². The van der Waals surface area contributed by atoms with Crippen LogP contribution >= 0.6 is 11.3 Å². The van der Waals surface area contributed by atoms with Gasteiger partial charge in [-0.15, -0.1) is 11.3 Å². The highest BCUT2D eigenvalue weighted by Gasteiger charge is 2.11.